The molecule has 1 aromatic carbocycles. The van der Waals surface area contributed by atoms with E-state index in [-0.39, 0.29) is 61.3 Å². The minimum Gasteiger partial charge on any atom is -0.480 e. The molecule has 0 spiro atoms. The van der Waals surface area contributed by atoms with Crippen molar-refractivity contribution < 1.29 is 48.0 Å². The van der Waals surface area contributed by atoms with Crippen LogP contribution in [0.5, 0.6) is 11.5 Å². The Kier molecular flexibility index (Phi) is 14.1. The summed E-state index contributed by atoms with van der Waals surface area (Å²) in [4.78, 5) is 49.6. The van der Waals surface area contributed by atoms with Crippen molar-refractivity contribution >= 4 is 24.2 Å². The number of nitrogens with two attached hydrogens (primary N) is 1. The van der Waals surface area contributed by atoms with E-state index in [1.54, 1.807) is 6.92 Å². The summed E-state index contributed by atoms with van der Waals surface area (Å²) < 4.78 is 26.5. The standard InChI is InChI=1S/C31H47NO10/c1-6-20(3)18-38-29(36)41-25-14-13-23(15-26(25)42-30(37)39-19-21(4)7-2)17-31(32,28(34)35)16-22(5)40-27(33)24-11-9-8-10-12-24/h13-15,20-22,24H,6-12,16-19,32H2,1-5H3,(H,34,35)/t20?,21?,22-,31?/m0/s1. The second kappa shape index (κ2) is 16.9. The van der Waals surface area contributed by atoms with Crippen LogP contribution in [-0.4, -0.2) is 54.2 Å². The molecule has 1 saturated carbocycles. The van der Waals surface area contributed by atoms with Crippen molar-refractivity contribution in [2.24, 2.45) is 23.5 Å². The molecule has 1 aliphatic carbocycles. The molecule has 0 aromatic heterocycles. The van der Waals surface area contributed by atoms with Crippen molar-refractivity contribution in [2.45, 2.75) is 104 Å². The summed E-state index contributed by atoms with van der Waals surface area (Å²) in [7, 11) is 0. The lowest BCUT2D eigenvalue weighted by Gasteiger charge is -2.29. The average Bonchev–Trinajstić information content (AvgIpc) is 2.96. The lowest BCUT2D eigenvalue weighted by molar-refractivity contribution is -0.158. The van der Waals surface area contributed by atoms with E-state index >= 15 is 0 Å². The smallest absolute Gasteiger partial charge is 0.480 e. The highest BCUT2D eigenvalue weighted by Gasteiger charge is 2.38. The van der Waals surface area contributed by atoms with Gasteiger partial charge in [0.05, 0.1) is 19.1 Å². The maximum atomic E-state index is 12.6. The summed E-state index contributed by atoms with van der Waals surface area (Å²) in [5, 5.41) is 10.0. The quantitative estimate of drug-likeness (QED) is 0.139. The number of esters is 1. The Labute approximate surface area is 248 Å². The molecule has 236 valence electrons. The van der Waals surface area contributed by atoms with Gasteiger partial charge in [0.1, 0.15) is 11.6 Å². The van der Waals surface area contributed by atoms with Crippen LogP contribution >= 0.6 is 0 Å². The molecule has 1 fully saturated rings. The number of ether oxygens (including phenoxy) is 5. The maximum absolute atomic E-state index is 12.6. The Bertz CT molecular complexity index is 1050. The van der Waals surface area contributed by atoms with Gasteiger partial charge in [-0.25, -0.2) is 9.59 Å². The van der Waals surface area contributed by atoms with Crippen LogP contribution in [0.4, 0.5) is 9.59 Å². The summed E-state index contributed by atoms with van der Waals surface area (Å²) in [6.45, 7) is 9.65. The molecule has 2 rings (SSSR count). The molecule has 0 radical (unpaired) electrons. The van der Waals surface area contributed by atoms with Crippen LogP contribution < -0.4 is 15.2 Å². The Morgan fingerprint density at radius 2 is 1.45 bits per heavy atom. The van der Waals surface area contributed by atoms with E-state index in [9.17, 15) is 24.3 Å². The zero-order chi connectivity index (χ0) is 31.3. The number of benzene rings is 1. The van der Waals surface area contributed by atoms with Crippen molar-refractivity contribution in [3.63, 3.8) is 0 Å². The van der Waals surface area contributed by atoms with E-state index in [1.165, 1.54) is 18.2 Å². The predicted octanol–water partition coefficient (Wildman–Crippen LogP) is 6.04. The summed E-state index contributed by atoms with van der Waals surface area (Å²) in [5.41, 5.74) is 4.92. The van der Waals surface area contributed by atoms with Crippen molar-refractivity contribution in [2.75, 3.05) is 13.2 Å². The number of carboxylic acids is 1. The molecule has 0 heterocycles. The second-order valence-electron chi connectivity index (χ2n) is 11.6. The van der Waals surface area contributed by atoms with Gasteiger partial charge in [-0.2, -0.15) is 0 Å². The van der Waals surface area contributed by atoms with Gasteiger partial charge in [0.25, 0.3) is 0 Å². The molecule has 4 atom stereocenters. The van der Waals surface area contributed by atoms with Gasteiger partial charge in [-0.05, 0) is 49.3 Å². The molecule has 42 heavy (non-hydrogen) atoms. The van der Waals surface area contributed by atoms with Crippen LogP contribution in [0.3, 0.4) is 0 Å². The Morgan fingerprint density at radius 1 is 0.905 bits per heavy atom. The van der Waals surface area contributed by atoms with Crippen LogP contribution in [0, 0.1) is 17.8 Å². The van der Waals surface area contributed by atoms with Gasteiger partial charge in [-0.1, -0.05) is 65.9 Å². The molecule has 1 aromatic rings. The minimum absolute atomic E-state index is 0.109. The lowest BCUT2D eigenvalue weighted by Crippen LogP contribution is -2.52. The first-order valence-electron chi connectivity index (χ1n) is 14.9. The molecule has 0 aliphatic heterocycles. The zero-order valence-corrected chi connectivity index (χ0v) is 25.5. The number of hydrogen-bond donors (Lipinski definition) is 2. The van der Waals surface area contributed by atoms with E-state index in [4.69, 9.17) is 29.4 Å². The fourth-order valence-corrected chi connectivity index (χ4v) is 4.51. The third-order valence-electron chi connectivity index (χ3n) is 7.61. The first-order chi connectivity index (χ1) is 19.9. The molecular formula is C31H47NO10. The number of aliphatic carboxylic acids is 1. The molecule has 0 bridgehead atoms. The number of carboxylic acid groups (broad SMARTS) is 1. The van der Waals surface area contributed by atoms with E-state index in [2.05, 4.69) is 0 Å². The van der Waals surface area contributed by atoms with Gasteiger partial charge in [0.15, 0.2) is 11.5 Å². The van der Waals surface area contributed by atoms with Crippen LogP contribution in [0.2, 0.25) is 0 Å². The number of carbonyl (C=O) groups is 4. The number of carbonyl (C=O) groups excluding carboxylic acids is 3. The zero-order valence-electron chi connectivity index (χ0n) is 25.5. The van der Waals surface area contributed by atoms with Gasteiger partial charge >= 0.3 is 24.2 Å². The third-order valence-corrected chi connectivity index (χ3v) is 7.61. The summed E-state index contributed by atoms with van der Waals surface area (Å²) in [6, 6.07) is 4.24. The Balaban J connectivity index is 2.20. The van der Waals surface area contributed by atoms with Crippen LogP contribution in [-0.2, 0) is 30.2 Å². The van der Waals surface area contributed by atoms with Gasteiger partial charge in [0.2, 0.25) is 0 Å². The lowest BCUT2D eigenvalue weighted by atomic mass is 9.86. The second-order valence-corrected chi connectivity index (χ2v) is 11.6. The maximum Gasteiger partial charge on any atom is 0.513 e. The number of rotatable bonds is 15. The van der Waals surface area contributed by atoms with Crippen molar-refractivity contribution in [1.29, 1.82) is 0 Å². The van der Waals surface area contributed by atoms with E-state index in [0.717, 1.165) is 44.9 Å². The summed E-state index contributed by atoms with van der Waals surface area (Å²) in [5.74, 6) is -1.83. The van der Waals surface area contributed by atoms with Gasteiger partial charge in [0, 0.05) is 12.8 Å². The third kappa shape index (κ3) is 11.5. The molecule has 11 nitrogen and oxygen atoms in total. The molecule has 3 unspecified atom stereocenters. The first kappa shape index (κ1) is 34.9. The van der Waals surface area contributed by atoms with Crippen molar-refractivity contribution in [3.05, 3.63) is 23.8 Å². The van der Waals surface area contributed by atoms with E-state index in [0.29, 0.717) is 5.56 Å². The van der Waals surface area contributed by atoms with Gasteiger partial charge in [-0.3, -0.25) is 9.59 Å². The largest absolute Gasteiger partial charge is 0.513 e. The molecule has 3 N–H and O–H groups in total. The monoisotopic (exact) mass is 593 g/mol. The van der Waals surface area contributed by atoms with E-state index < -0.39 is 29.9 Å². The SMILES string of the molecule is CCC(C)COC(=O)Oc1ccc(CC(N)(C[C@H](C)OC(=O)C2CCCCC2)C(=O)O)cc1OC(=O)OCC(C)CC. The normalized spacial score (nSPS) is 17.2. The van der Waals surface area contributed by atoms with Gasteiger partial charge < -0.3 is 34.5 Å². The van der Waals surface area contributed by atoms with Crippen LogP contribution in [0.1, 0.15) is 91.5 Å². The Hall–Kier alpha value is -3.34. The molecular weight excluding hydrogens is 546 g/mol. The highest BCUT2D eigenvalue weighted by Crippen LogP contribution is 2.32. The topological polar surface area (TPSA) is 161 Å². The van der Waals surface area contributed by atoms with Gasteiger partial charge in [-0.15, -0.1) is 0 Å². The number of hydrogen-bond acceptors (Lipinski definition) is 10. The van der Waals surface area contributed by atoms with Crippen LogP contribution in [0.15, 0.2) is 18.2 Å². The van der Waals surface area contributed by atoms with Crippen molar-refractivity contribution in [1.82, 2.24) is 0 Å². The molecule has 1 aliphatic rings. The minimum atomic E-state index is -1.81. The first-order valence-corrected chi connectivity index (χ1v) is 14.9. The van der Waals surface area contributed by atoms with Crippen LogP contribution in [0.25, 0.3) is 0 Å². The van der Waals surface area contributed by atoms with Crippen molar-refractivity contribution in [3.8, 4) is 11.5 Å². The molecule has 11 heteroatoms. The predicted molar refractivity (Wildman–Crippen MR) is 154 cm³/mol. The summed E-state index contributed by atoms with van der Waals surface area (Å²) >= 11 is 0. The molecule has 0 amide bonds. The Morgan fingerprint density at radius 3 is 1.98 bits per heavy atom. The fraction of sp³-hybridized carbons (Fsp3) is 0.677. The fourth-order valence-electron chi connectivity index (χ4n) is 4.51. The summed E-state index contributed by atoms with van der Waals surface area (Å²) in [6.07, 6.45) is 3.09. The van der Waals surface area contributed by atoms with E-state index in [1.807, 2.05) is 27.7 Å². The molecule has 0 saturated heterocycles. The highest BCUT2D eigenvalue weighted by atomic mass is 16.7. The highest BCUT2D eigenvalue weighted by molar-refractivity contribution is 5.79. The average molecular weight is 594 g/mol.